The molecule has 2 N–H and O–H groups in total. The minimum absolute atomic E-state index is 0.0186. The lowest BCUT2D eigenvalue weighted by Crippen LogP contribution is -2.53. The molecular weight excluding hydrogens is 773 g/mol. The van der Waals surface area contributed by atoms with Crippen molar-refractivity contribution in [3.63, 3.8) is 0 Å². The molecule has 0 aliphatic carbocycles. The zero-order chi connectivity index (χ0) is 40.8. The molecular formula is C48H48Cl2F2N4O2. The fourth-order valence-corrected chi connectivity index (χ4v) is 8.80. The van der Waals surface area contributed by atoms with Crippen LogP contribution in [0.3, 0.4) is 0 Å². The predicted octanol–water partition coefficient (Wildman–Crippen LogP) is 11.3. The van der Waals surface area contributed by atoms with Crippen LogP contribution in [0.25, 0.3) is 0 Å². The van der Waals surface area contributed by atoms with Crippen molar-refractivity contribution >= 4 is 34.6 Å². The van der Waals surface area contributed by atoms with Crippen molar-refractivity contribution in [2.75, 3.05) is 36.0 Å². The third-order valence-corrected chi connectivity index (χ3v) is 11.7. The fraction of sp³-hybridized carbons (Fsp3) is 0.250. The van der Waals surface area contributed by atoms with Crippen LogP contribution in [-0.4, -0.2) is 58.3 Å². The van der Waals surface area contributed by atoms with E-state index >= 15 is 0 Å². The number of hydrogen-bond acceptors (Lipinski definition) is 6. The van der Waals surface area contributed by atoms with Crippen LogP contribution < -0.4 is 9.80 Å². The summed E-state index contributed by atoms with van der Waals surface area (Å²) in [4.78, 5) is 9.44. The molecule has 0 bridgehead atoms. The van der Waals surface area contributed by atoms with Crippen molar-refractivity contribution in [1.82, 2.24) is 9.80 Å². The molecule has 0 amide bonds. The topological polar surface area (TPSA) is 53.4 Å². The second-order valence-electron chi connectivity index (χ2n) is 15.3. The zero-order valence-corrected chi connectivity index (χ0v) is 34.1. The van der Waals surface area contributed by atoms with Gasteiger partial charge in [-0.05, 0) is 84.6 Å². The summed E-state index contributed by atoms with van der Waals surface area (Å²) in [7, 11) is 0. The van der Waals surface area contributed by atoms with E-state index in [9.17, 15) is 19.0 Å². The Labute approximate surface area is 350 Å². The maximum absolute atomic E-state index is 13.6. The van der Waals surface area contributed by atoms with Gasteiger partial charge < -0.3 is 20.0 Å². The number of halogens is 4. The molecule has 6 nitrogen and oxygen atoms in total. The second kappa shape index (κ2) is 18.6. The third-order valence-electron chi connectivity index (χ3n) is 11.1. The molecule has 6 aromatic carbocycles. The lowest BCUT2D eigenvalue weighted by Gasteiger charge is -2.47. The molecule has 0 saturated carbocycles. The van der Waals surface area contributed by atoms with Crippen LogP contribution in [0.1, 0.15) is 48.2 Å². The molecule has 0 radical (unpaired) electrons. The number of rotatable bonds is 8. The number of hydrogen-bond donors (Lipinski definition) is 2. The number of phenolic OH excluding ortho intramolecular Hbond substituents is 2. The summed E-state index contributed by atoms with van der Waals surface area (Å²) in [5.74, 6) is -0.193. The van der Waals surface area contributed by atoms with Crippen LogP contribution in [-0.2, 0) is 13.1 Å². The minimum Gasteiger partial charge on any atom is -0.508 e. The van der Waals surface area contributed by atoms with E-state index in [4.69, 9.17) is 23.2 Å². The Bertz CT molecular complexity index is 2250. The summed E-state index contributed by atoms with van der Waals surface area (Å²) < 4.78 is 27.1. The van der Waals surface area contributed by atoms with E-state index in [1.165, 1.54) is 35.4 Å². The van der Waals surface area contributed by atoms with Gasteiger partial charge in [-0.1, -0.05) is 108 Å². The van der Waals surface area contributed by atoms with Gasteiger partial charge in [0.1, 0.15) is 23.1 Å². The van der Waals surface area contributed by atoms with Gasteiger partial charge >= 0.3 is 0 Å². The van der Waals surface area contributed by atoms with E-state index < -0.39 is 0 Å². The van der Waals surface area contributed by atoms with E-state index in [-0.39, 0.29) is 41.3 Å². The number of piperazine rings is 2. The number of nitrogens with zero attached hydrogens (tertiary/aromatic N) is 4. The SMILES string of the molecule is CC1CN(Cc2ccccc2)C[C@@H](c2ccc(F)cc2)N1c1ccc(O)cc1Cl.C[C@@H]1CN(c2ccc(O)cc2Cl)[C@H](c2ccc(F)cc2)CN1Cc1ccccc1. The molecule has 2 aliphatic rings. The van der Waals surface area contributed by atoms with Gasteiger partial charge in [-0.25, -0.2) is 8.78 Å². The molecule has 2 fully saturated rings. The van der Waals surface area contributed by atoms with Crippen LogP contribution in [0.2, 0.25) is 10.0 Å². The van der Waals surface area contributed by atoms with Gasteiger partial charge in [-0.15, -0.1) is 0 Å². The third kappa shape index (κ3) is 9.93. The van der Waals surface area contributed by atoms with Crippen molar-refractivity contribution in [2.24, 2.45) is 0 Å². The molecule has 8 rings (SSSR count). The Kier molecular flexibility index (Phi) is 13.2. The van der Waals surface area contributed by atoms with Gasteiger partial charge in [-0.2, -0.15) is 0 Å². The molecule has 2 aliphatic heterocycles. The average Bonchev–Trinajstić information content (AvgIpc) is 3.21. The Hall–Kier alpha value is -5.12. The van der Waals surface area contributed by atoms with Gasteiger partial charge in [0, 0.05) is 63.5 Å². The van der Waals surface area contributed by atoms with E-state index in [1.807, 2.05) is 48.5 Å². The van der Waals surface area contributed by atoms with Gasteiger partial charge in [0.05, 0.1) is 33.5 Å². The first-order valence-corrected chi connectivity index (χ1v) is 20.3. The van der Waals surface area contributed by atoms with Crippen molar-refractivity contribution in [1.29, 1.82) is 0 Å². The summed E-state index contributed by atoms with van der Waals surface area (Å²) >= 11 is 13.0. The van der Waals surface area contributed by atoms with Gasteiger partial charge in [-0.3, -0.25) is 9.80 Å². The highest BCUT2D eigenvalue weighted by Crippen LogP contribution is 2.40. The van der Waals surface area contributed by atoms with Gasteiger partial charge in [0.25, 0.3) is 0 Å². The largest absolute Gasteiger partial charge is 0.508 e. The Morgan fingerprint density at radius 3 is 1.57 bits per heavy atom. The van der Waals surface area contributed by atoms with E-state index in [2.05, 4.69) is 82.0 Å². The number of aromatic hydroxyl groups is 2. The molecule has 0 spiro atoms. The average molecular weight is 822 g/mol. The van der Waals surface area contributed by atoms with E-state index in [0.29, 0.717) is 16.1 Å². The summed E-state index contributed by atoms with van der Waals surface area (Å²) in [6.45, 7) is 9.35. The monoisotopic (exact) mass is 820 g/mol. The van der Waals surface area contributed by atoms with Gasteiger partial charge in [0.15, 0.2) is 0 Å². The first-order chi connectivity index (χ1) is 28.0. The number of phenols is 2. The normalized spacial score (nSPS) is 20.0. The first kappa shape index (κ1) is 41.1. The van der Waals surface area contributed by atoms with Crippen molar-refractivity contribution < 1.29 is 19.0 Å². The van der Waals surface area contributed by atoms with Crippen LogP contribution in [0.4, 0.5) is 20.2 Å². The lowest BCUT2D eigenvalue weighted by molar-refractivity contribution is 0.153. The highest BCUT2D eigenvalue weighted by atomic mass is 35.5. The highest BCUT2D eigenvalue weighted by molar-refractivity contribution is 6.33. The molecule has 300 valence electrons. The fourth-order valence-electron chi connectivity index (χ4n) is 8.24. The quantitative estimate of drug-likeness (QED) is 0.160. The minimum atomic E-state index is -0.243. The summed E-state index contributed by atoms with van der Waals surface area (Å²) in [6, 6.07) is 45.0. The summed E-state index contributed by atoms with van der Waals surface area (Å²) in [5.41, 5.74) is 6.39. The molecule has 2 saturated heterocycles. The Morgan fingerprint density at radius 1 is 0.534 bits per heavy atom. The first-order valence-electron chi connectivity index (χ1n) is 19.6. The highest BCUT2D eigenvalue weighted by Gasteiger charge is 2.35. The van der Waals surface area contributed by atoms with Gasteiger partial charge in [0.2, 0.25) is 0 Å². The lowest BCUT2D eigenvalue weighted by atomic mass is 9.97. The maximum Gasteiger partial charge on any atom is 0.123 e. The zero-order valence-electron chi connectivity index (χ0n) is 32.6. The summed E-state index contributed by atoms with van der Waals surface area (Å²) in [6.07, 6.45) is 0. The molecule has 10 heteroatoms. The smallest absolute Gasteiger partial charge is 0.123 e. The van der Waals surface area contributed by atoms with Crippen LogP contribution in [0.15, 0.2) is 146 Å². The van der Waals surface area contributed by atoms with E-state index in [0.717, 1.165) is 61.8 Å². The van der Waals surface area contributed by atoms with Crippen molar-refractivity contribution in [3.8, 4) is 11.5 Å². The number of anilines is 2. The maximum atomic E-state index is 13.6. The van der Waals surface area contributed by atoms with Crippen molar-refractivity contribution in [2.45, 2.75) is 51.1 Å². The Balaban J connectivity index is 0.000000177. The standard InChI is InChI=1S/2C24H24ClFN2O/c1-17-14-28(23-12-11-21(29)13-22(23)25)24(19-7-9-20(26)10-8-19)16-27(17)15-18-5-3-2-4-6-18;1-17-14-27(15-18-5-3-2-4-6-18)16-24(19-7-9-20(26)10-8-19)28(17)23-12-11-21(29)13-22(23)25/h2*2-13,17,24,29H,14-16H2,1H3/t17-,24+;17?,24-/m10/s1. The van der Waals surface area contributed by atoms with Crippen LogP contribution >= 0.6 is 23.2 Å². The molecule has 1 unspecified atom stereocenters. The predicted molar refractivity (Wildman–Crippen MR) is 232 cm³/mol. The number of benzene rings is 6. The molecule has 4 atom stereocenters. The van der Waals surface area contributed by atoms with Crippen LogP contribution in [0, 0.1) is 11.6 Å². The van der Waals surface area contributed by atoms with E-state index in [1.54, 1.807) is 24.3 Å². The second-order valence-corrected chi connectivity index (χ2v) is 16.1. The molecule has 2 heterocycles. The Morgan fingerprint density at radius 2 is 1.03 bits per heavy atom. The van der Waals surface area contributed by atoms with Crippen LogP contribution in [0.5, 0.6) is 11.5 Å². The molecule has 0 aromatic heterocycles. The molecule has 58 heavy (non-hydrogen) atoms. The van der Waals surface area contributed by atoms with Crippen molar-refractivity contribution in [3.05, 3.63) is 190 Å². The molecule has 6 aromatic rings. The summed E-state index contributed by atoms with van der Waals surface area (Å²) in [5, 5.41) is 20.6.